The van der Waals surface area contributed by atoms with Crippen molar-refractivity contribution in [3.05, 3.63) is 59.2 Å². The van der Waals surface area contributed by atoms with Crippen molar-refractivity contribution in [2.45, 2.75) is 0 Å². The molecule has 0 saturated carbocycles. The Morgan fingerprint density at radius 3 is 2.48 bits per heavy atom. The predicted molar refractivity (Wildman–Crippen MR) is 70.4 cm³/mol. The van der Waals surface area contributed by atoms with Crippen LogP contribution in [-0.2, 0) is 4.79 Å². The minimum atomic E-state index is -0.826. The lowest BCUT2D eigenvalue weighted by atomic mass is 10.0. The quantitative estimate of drug-likeness (QED) is 0.864. The number of halogens is 2. The van der Waals surface area contributed by atoms with E-state index in [1.54, 1.807) is 0 Å². The maximum Gasteiger partial charge on any atom is 0.262 e. The monoisotopic (exact) mass is 289 g/mol. The lowest BCUT2D eigenvalue weighted by Gasteiger charge is -2.18. The normalized spacial score (nSPS) is 13.1. The molecule has 6 heteroatoms. The summed E-state index contributed by atoms with van der Waals surface area (Å²) >= 11 is 0. The molecule has 2 aromatic carbocycles. The maximum atomic E-state index is 13.2. The molecule has 1 aliphatic rings. The maximum absolute atomic E-state index is 13.2. The van der Waals surface area contributed by atoms with E-state index in [0.29, 0.717) is 17.5 Å². The number of ketones is 1. The third kappa shape index (κ3) is 2.60. The molecular formula is C15H9F2NO3. The van der Waals surface area contributed by atoms with E-state index < -0.39 is 17.4 Å². The predicted octanol–water partition coefficient (Wildman–Crippen LogP) is 2.53. The highest BCUT2D eigenvalue weighted by Gasteiger charge is 2.19. The SMILES string of the molecule is O=C1COc2ccc(C(=O)c3cc(F)cc(F)c3)cc2N1. The van der Waals surface area contributed by atoms with Crippen molar-refractivity contribution < 1.29 is 23.1 Å². The molecule has 0 aromatic heterocycles. The van der Waals surface area contributed by atoms with E-state index >= 15 is 0 Å². The highest BCUT2D eigenvalue weighted by atomic mass is 19.1. The zero-order valence-corrected chi connectivity index (χ0v) is 10.7. The van der Waals surface area contributed by atoms with E-state index in [4.69, 9.17) is 4.74 Å². The van der Waals surface area contributed by atoms with Gasteiger partial charge in [0.2, 0.25) is 0 Å². The molecule has 0 saturated heterocycles. The molecule has 0 radical (unpaired) electrons. The number of hydrogen-bond donors (Lipinski definition) is 1. The Morgan fingerprint density at radius 1 is 1.05 bits per heavy atom. The van der Waals surface area contributed by atoms with Gasteiger partial charge in [-0.15, -0.1) is 0 Å². The van der Waals surface area contributed by atoms with Gasteiger partial charge in [0.25, 0.3) is 5.91 Å². The average molecular weight is 289 g/mol. The number of carbonyl (C=O) groups is 2. The summed E-state index contributed by atoms with van der Waals surface area (Å²) < 4.78 is 31.5. The van der Waals surface area contributed by atoms with Crippen LogP contribution in [0.3, 0.4) is 0 Å². The molecule has 106 valence electrons. The third-order valence-corrected chi connectivity index (χ3v) is 3.00. The summed E-state index contributed by atoms with van der Waals surface area (Å²) in [5.74, 6) is -2.09. The van der Waals surface area contributed by atoms with Gasteiger partial charge >= 0.3 is 0 Å². The van der Waals surface area contributed by atoms with Crippen LogP contribution in [0.25, 0.3) is 0 Å². The first-order valence-electron chi connectivity index (χ1n) is 6.10. The largest absolute Gasteiger partial charge is 0.482 e. The highest BCUT2D eigenvalue weighted by Crippen LogP contribution is 2.29. The number of anilines is 1. The molecule has 1 aliphatic heterocycles. The van der Waals surface area contributed by atoms with Gasteiger partial charge < -0.3 is 10.1 Å². The van der Waals surface area contributed by atoms with Gasteiger partial charge in [0, 0.05) is 17.2 Å². The second-order valence-corrected chi connectivity index (χ2v) is 4.54. The summed E-state index contributed by atoms with van der Waals surface area (Å²) in [5, 5.41) is 2.57. The molecule has 1 heterocycles. The van der Waals surface area contributed by atoms with Gasteiger partial charge in [0.05, 0.1) is 5.69 Å². The van der Waals surface area contributed by atoms with E-state index in [1.165, 1.54) is 18.2 Å². The molecule has 0 atom stereocenters. The number of carbonyl (C=O) groups excluding carboxylic acids is 2. The number of nitrogens with one attached hydrogen (secondary N) is 1. The van der Waals surface area contributed by atoms with E-state index in [9.17, 15) is 18.4 Å². The minimum absolute atomic E-state index is 0.0879. The van der Waals surface area contributed by atoms with Gasteiger partial charge in [-0.3, -0.25) is 9.59 Å². The molecule has 0 aliphatic carbocycles. The van der Waals surface area contributed by atoms with E-state index in [2.05, 4.69) is 5.32 Å². The molecule has 4 nitrogen and oxygen atoms in total. The van der Waals surface area contributed by atoms with E-state index in [1.807, 2.05) is 0 Å². The summed E-state index contributed by atoms with van der Waals surface area (Å²) in [6, 6.07) is 7.02. The lowest BCUT2D eigenvalue weighted by Crippen LogP contribution is -2.25. The van der Waals surface area contributed by atoms with Gasteiger partial charge in [0.15, 0.2) is 12.4 Å². The lowest BCUT2D eigenvalue weighted by molar-refractivity contribution is -0.118. The summed E-state index contributed by atoms with van der Waals surface area (Å²) in [6.07, 6.45) is 0. The number of rotatable bonds is 2. The van der Waals surface area contributed by atoms with Crippen molar-refractivity contribution in [1.82, 2.24) is 0 Å². The topological polar surface area (TPSA) is 55.4 Å². The Bertz CT molecular complexity index is 738. The van der Waals surface area contributed by atoms with Gasteiger partial charge in [-0.05, 0) is 30.3 Å². The Kier molecular flexibility index (Phi) is 3.13. The van der Waals surface area contributed by atoms with Crippen LogP contribution in [0.1, 0.15) is 15.9 Å². The summed E-state index contributed by atoms with van der Waals surface area (Å²) in [6.45, 7) is -0.0879. The molecule has 0 bridgehead atoms. The fourth-order valence-electron chi connectivity index (χ4n) is 2.08. The molecule has 2 aromatic rings. The first kappa shape index (κ1) is 13.2. The smallest absolute Gasteiger partial charge is 0.262 e. The fraction of sp³-hybridized carbons (Fsp3) is 0.0667. The number of ether oxygens (including phenoxy) is 1. The van der Waals surface area contributed by atoms with Crippen LogP contribution in [0, 0.1) is 11.6 Å². The first-order valence-corrected chi connectivity index (χ1v) is 6.10. The second-order valence-electron chi connectivity index (χ2n) is 4.54. The van der Waals surface area contributed by atoms with Crippen LogP contribution in [0.4, 0.5) is 14.5 Å². The van der Waals surface area contributed by atoms with Crippen LogP contribution in [0.15, 0.2) is 36.4 Å². The fourth-order valence-corrected chi connectivity index (χ4v) is 2.08. The highest BCUT2D eigenvalue weighted by molar-refractivity contribution is 6.10. The molecular weight excluding hydrogens is 280 g/mol. The van der Waals surface area contributed by atoms with Crippen molar-refractivity contribution in [1.29, 1.82) is 0 Å². The van der Waals surface area contributed by atoms with Crippen molar-refractivity contribution >= 4 is 17.4 Å². The second kappa shape index (κ2) is 4.97. The van der Waals surface area contributed by atoms with Gasteiger partial charge in [-0.25, -0.2) is 8.78 Å². The number of hydrogen-bond acceptors (Lipinski definition) is 3. The van der Waals surface area contributed by atoms with Crippen LogP contribution in [0.5, 0.6) is 5.75 Å². The summed E-state index contributed by atoms with van der Waals surface area (Å²) in [5.41, 5.74) is 0.453. The summed E-state index contributed by atoms with van der Waals surface area (Å²) in [7, 11) is 0. The number of benzene rings is 2. The number of fused-ring (bicyclic) bond motifs is 1. The van der Waals surface area contributed by atoms with Crippen LogP contribution in [-0.4, -0.2) is 18.3 Å². The van der Waals surface area contributed by atoms with E-state index in [0.717, 1.165) is 12.1 Å². The first-order chi connectivity index (χ1) is 10.0. The minimum Gasteiger partial charge on any atom is -0.482 e. The zero-order valence-electron chi connectivity index (χ0n) is 10.7. The Balaban J connectivity index is 1.98. The van der Waals surface area contributed by atoms with Gasteiger partial charge in [0.1, 0.15) is 17.4 Å². The van der Waals surface area contributed by atoms with Crippen LogP contribution in [0.2, 0.25) is 0 Å². The van der Waals surface area contributed by atoms with Crippen molar-refractivity contribution in [2.24, 2.45) is 0 Å². The number of amides is 1. The summed E-state index contributed by atoms with van der Waals surface area (Å²) in [4.78, 5) is 23.5. The van der Waals surface area contributed by atoms with Crippen molar-refractivity contribution in [3.63, 3.8) is 0 Å². The Labute approximate surface area is 118 Å². The Morgan fingerprint density at radius 2 is 1.76 bits per heavy atom. The average Bonchev–Trinajstić information content (AvgIpc) is 2.44. The van der Waals surface area contributed by atoms with Crippen LogP contribution < -0.4 is 10.1 Å². The molecule has 1 N–H and O–H groups in total. The molecule has 1 amide bonds. The van der Waals surface area contributed by atoms with Crippen molar-refractivity contribution in [3.8, 4) is 5.75 Å². The molecule has 0 unspecified atom stereocenters. The molecule has 3 rings (SSSR count). The zero-order chi connectivity index (χ0) is 15.0. The Hall–Kier alpha value is -2.76. The van der Waals surface area contributed by atoms with Crippen molar-refractivity contribution in [2.75, 3.05) is 11.9 Å². The molecule has 21 heavy (non-hydrogen) atoms. The van der Waals surface area contributed by atoms with Gasteiger partial charge in [-0.2, -0.15) is 0 Å². The molecule has 0 fully saturated rings. The third-order valence-electron chi connectivity index (χ3n) is 3.00. The van der Waals surface area contributed by atoms with Gasteiger partial charge in [-0.1, -0.05) is 0 Å². The van der Waals surface area contributed by atoms with Crippen LogP contribution >= 0.6 is 0 Å². The standard InChI is InChI=1S/C15H9F2NO3/c16-10-3-9(4-11(17)6-10)15(20)8-1-2-13-12(5-8)18-14(19)7-21-13/h1-6H,7H2,(H,18,19). The molecule has 0 spiro atoms. The van der Waals surface area contributed by atoms with E-state index in [-0.39, 0.29) is 23.6 Å².